The van der Waals surface area contributed by atoms with Gasteiger partial charge in [-0.25, -0.2) is 4.79 Å². The Bertz CT molecular complexity index is 568. The summed E-state index contributed by atoms with van der Waals surface area (Å²) < 4.78 is 2.46. The highest BCUT2D eigenvalue weighted by molar-refractivity contribution is 9.10. The van der Waals surface area contributed by atoms with Crippen molar-refractivity contribution >= 4 is 33.7 Å². The van der Waals surface area contributed by atoms with E-state index in [4.69, 9.17) is 5.11 Å². The van der Waals surface area contributed by atoms with Crippen molar-refractivity contribution in [1.29, 1.82) is 0 Å². The van der Waals surface area contributed by atoms with Crippen LogP contribution in [0.25, 0.3) is 0 Å². The van der Waals surface area contributed by atoms with Gasteiger partial charge in [0.05, 0.1) is 16.7 Å². The number of halogens is 1. The number of aryl methyl sites for hydroxylation is 1. The minimum absolute atomic E-state index is 0.269. The molecule has 0 saturated carbocycles. The number of rotatable bonds is 3. The Hall–Kier alpha value is -1.27. The lowest BCUT2D eigenvalue weighted by molar-refractivity contribution is 0.0696. The van der Waals surface area contributed by atoms with Gasteiger partial charge in [-0.05, 0) is 18.2 Å². The predicted octanol–water partition coefficient (Wildman–Crippen LogP) is 3.03. The third-order valence-electron chi connectivity index (χ3n) is 2.04. The summed E-state index contributed by atoms with van der Waals surface area (Å²) in [5.74, 6) is -0.931. The van der Waals surface area contributed by atoms with Gasteiger partial charge in [-0.2, -0.15) is 5.10 Å². The summed E-state index contributed by atoms with van der Waals surface area (Å²) in [6.45, 7) is 0. The summed E-state index contributed by atoms with van der Waals surface area (Å²) in [6.07, 6.45) is 3.62. The molecule has 2 aromatic rings. The molecule has 0 atom stereocenters. The van der Waals surface area contributed by atoms with Crippen LogP contribution in [0.4, 0.5) is 0 Å². The first-order valence-corrected chi connectivity index (χ1v) is 6.36. The average molecular weight is 313 g/mol. The molecular weight excluding hydrogens is 304 g/mol. The SMILES string of the molecule is Cn1cc(Sc2cc(Br)cc(C(=O)O)c2)cn1. The minimum atomic E-state index is -0.931. The largest absolute Gasteiger partial charge is 0.478 e. The summed E-state index contributed by atoms with van der Waals surface area (Å²) in [4.78, 5) is 12.8. The molecule has 88 valence electrons. The van der Waals surface area contributed by atoms with Crippen LogP contribution in [0.5, 0.6) is 0 Å². The van der Waals surface area contributed by atoms with Gasteiger partial charge in [-0.3, -0.25) is 4.68 Å². The lowest BCUT2D eigenvalue weighted by atomic mass is 10.2. The summed E-state index contributed by atoms with van der Waals surface area (Å²) in [7, 11) is 1.84. The van der Waals surface area contributed by atoms with Crippen molar-refractivity contribution in [2.45, 2.75) is 9.79 Å². The first-order valence-electron chi connectivity index (χ1n) is 4.75. The molecule has 6 heteroatoms. The summed E-state index contributed by atoms with van der Waals surface area (Å²) >= 11 is 4.78. The normalized spacial score (nSPS) is 10.5. The molecule has 2 rings (SSSR count). The molecule has 1 aromatic carbocycles. The Morgan fingerprint density at radius 1 is 1.41 bits per heavy atom. The number of aromatic carboxylic acids is 1. The molecular formula is C11H9BrN2O2S. The van der Waals surface area contributed by atoms with Gasteiger partial charge < -0.3 is 5.11 Å². The number of nitrogens with zero attached hydrogens (tertiary/aromatic N) is 2. The maximum absolute atomic E-state index is 10.9. The van der Waals surface area contributed by atoms with Gasteiger partial charge in [0.1, 0.15) is 0 Å². The number of carboxylic acid groups (broad SMARTS) is 1. The maximum Gasteiger partial charge on any atom is 0.335 e. The molecule has 0 aliphatic carbocycles. The van der Waals surface area contributed by atoms with E-state index in [2.05, 4.69) is 21.0 Å². The molecule has 0 radical (unpaired) electrons. The third kappa shape index (κ3) is 3.10. The number of hydrogen-bond donors (Lipinski definition) is 1. The van der Waals surface area contributed by atoms with Crippen molar-refractivity contribution in [2.75, 3.05) is 0 Å². The smallest absolute Gasteiger partial charge is 0.335 e. The van der Waals surface area contributed by atoms with Crippen LogP contribution >= 0.6 is 27.7 Å². The van der Waals surface area contributed by atoms with E-state index in [9.17, 15) is 4.79 Å². The molecule has 0 aliphatic heterocycles. The molecule has 17 heavy (non-hydrogen) atoms. The fourth-order valence-corrected chi connectivity index (χ4v) is 2.93. The second-order valence-electron chi connectivity index (χ2n) is 3.43. The van der Waals surface area contributed by atoms with E-state index in [-0.39, 0.29) is 5.56 Å². The van der Waals surface area contributed by atoms with Gasteiger partial charge in [-0.15, -0.1) is 0 Å². The molecule has 0 saturated heterocycles. The zero-order valence-electron chi connectivity index (χ0n) is 8.92. The van der Waals surface area contributed by atoms with Crippen molar-refractivity contribution < 1.29 is 9.90 Å². The van der Waals surface area contributed by atoms with Gasteiger partial charge in [0, 0.05) is 22.6 Å². The molecule has 1 N–H and O–H groups in total. The molecule has 1 heterocycles. The Morgan fingerprint density at radius 3 is 2.76 bits per heavy atom. The Labute approximate surface area is 111 Å². The average Bonchev–Trinajstić information content (AvgIpc) is 2.63. The lowest BCUT2D eigenvalue weighted by Crippen LogP contribution is -1.95. The van der Waals surface area contributed by atoms with E-state index in [0.29, 0.717) is 0 Å². The second-order valence-corrected chi connectivity index (χ2v) is 5.50. The Kier molecular flexibility index (Phi) is 3.54. The van der Waals surface area contributed by atoms with E-state index in [1.165, 1.54) is 11.8 Å². The van der Waals surface area contributed by atoms with E-state index in [0.717, 1.165) is 14.3 Å². The number of hydrogen-bond acceptors (Lipinski definition) is 3. The highest BCUT2D eigenvalue weighted by atomic mass is 79.9. The van der Waals surface area contributed by atoms with Gasteiger partial charge in [0.15, 0.2) is 0 Å². The van der Waals surface area contributed by atoms with Crippen LogP contribution in [0, 0.1) is 0 Å². The minimum Gasteiger partial charge on any atom is -0.478 e. The molecule has 0 unspecified atom stereocenters. The van der Waals surface area contributed by atoms with Gasteiger partial charge in [0.25, 0.3) is 0 Å². The molecule has 1 aromatic heterocycles. The van der Waals surface area contributed by atoms with E-state index < -0.39 is 5.97 Å². The molecule has 0 bridgehead atoms. The van der Waals surface area contributed by atoms with Crippen LogP contribution < -0.4 is 0 Å². The van der Waals surface area contributed by atoms with Gasteiger partial charge >= 0.3 is 5.97 Å². The first kappa shape index (κ1) is 12.2. The standard InChI is InChI=1S/C11H9BrN2O2S/c1-14-6-10(5-13-14)17-9-3-7(11(15)16)2-8(12)4-9/h2-6H,1H3,(H,15,16). The molecule has 0 fully saturated rings. The van der Waals surface area contributed by atoms with E-state index in [1.807, 2.05) is 19.3 Å². The molecule has 0 spiro atoms. The number of aromatic nitrogens is 2. The second kappa shape index (κ2) is 4.93. The van der Waals surface area contributed by atoms with Gasteiger partial charge in [-0.1, -0.05) is 27.7 Å². The first-order chi connectivity index (χ1) is 8.04. The summed E-state index contributed by atoms with van der Waals surface area (Å²) in [5, 5.41) is 13.0. The van der Waals surface area contributed by atoms with Crippen molar-refractivity contribution in [3.63, 3.8) is 0 Å². The maximum atomic E-state index is 10.9. The Balaban J connectivity index is 2.29. The number of carboxylic acids is 1. The fourth-order valence-electron chi connectivity index (χ4n) is 1.33. The van der Waals surface area contributed by atoms with Crippen LogP contribution in [0.1, 0.15) is 10.4 Å². The third-order valence-corrected chi connectivity index (χ3v) is 3.41. The number of benzene rings is 1. The van der Waals surface area contributed by atoms with Crippen molar-refractivity contribution in [1.82, 2.24) is 9.78 Å². The quantitative estimate of drug-likeness (QED) is 0.946. The van der Waals surface area contributed by atoms with Crippen LogP contribution in [-0.2, 0) is 7.05 Å². The van der Waals surface area contributed by atoms with Crippen molar-refractivity contribution in [2.24, 2.45) is 7.05 Å². The zero-order chi connectivity index (χ0) is 12.4. The predicted molar refractivity (Wildman–Crippen MR) is 68.4 cm³/mol. The van der Waals surface area contributed by atoms with Gasteiger partial charge in [0.2, 0.25) is 0 Å². The van der Waals surface area contributed by atoms with Crippen LogP contribution in [0.2, 0.25) is 0 Å². The van der Waals surface area contributed by atoms with Crippen LogP contribution in [-0.4, -0.2) is 20.9 Å². The number of carbonyl (C=O) groups is 1. The van der Waals surface area contributed by atoms with Crippen LogP contribution in [0.3, 0.4) is 0 Å². The molecule has 4 nitrogen and oxygen atoms in total. The lowest BCUT2D eigenvalue weighted by Gasteiger charge is -2.02. The topological polar surface area (TPSA) is 55.1 Å². The monoisotopic (exact) mass is 312 g/mol. The van der Waals surface area contributed by atoms with E-state index >= 15 is 0 Å². The fraction of sp³-hybridized carbons (Fsp3) is 0.0909. The zero-order valence-corrected chi connectivity index (χ0v) is 11.3. The van der Waals surface area contributed by atoms with Crippen molar-refractivity contribution in [3.8, 4) is 0 Å². The molecule has 0 aliphatic rings. The van der Waals surface area contributed by atoms with E-state index in [1.54, 1.807) is 23.0 Å². The van der Waals surface area contributed by atoms with Crippen molar-refractivity contribution in [3.05, 3.63) is 40.6 Å². The Morgan fingerprint density at radius 2 is 2.18 bits per heavy atom. The highest BCUT2D eigenvalue weighted by Gasteiger charge is 2.07. The highest BCUT2D eigenvalue weighted by Crippen LogP contribution is 2.30. The van der Waals surface area contributed by atoms with Crippen LogP contribution in [0.15, 0.2) is 44.9 Å². The summed E-state index contributed by atoms with van der Waals surface area (Å²) in [5.41, 5.74) is 0.269. The summed E-state index contributed by atoms with van der Waals surface area (Å²) in [6, 6.07) is 5.10. The molecule has 0 amide bonds.